The van der Waals surface area contributed by atoms with Crippen molar-refractivity contribution in [3.8, 4) is 0 Å². The van der Waals surface area contributed by atoms with Crippen LogP contribution in [0.4, 0.5) is 4.79 Å². The molecule has 0 spiro atoms. The molecule has 1 saturated heterocycles. The van der Waals surface area contributed by atoms with Crippen molar-refractivity contribution in [2.45, 2.75) is 45.3 Å². The highest BCUT2D eigenvalue weighted by Gasteiger charge is 2.29. The first-order valence-electron chi connectivity index (χ1n) is 7.82. The lowest BCUT2D eigenvalue weighted by Crippen LogP contribution is -2.43. The maximum Gasteiger partial charge on any atom is 0.410 e. The molecule has 1 unspecified atom stereocenters. The van der Waals surface area contributed by atoms with E-state index >= 15 is 0 Å². The summed E-state index contributed by atoms with van der Waals surface area (Å²) >= 11 is 3.57. The van der Waals surface area contributed by atoms with Crippen LogP contribution in [-0.2, 0) is 4.74 Å². The first-order chi connectivity index (χ1) is 10.8. The largest absolute Gasteiger partial charge is 0.444 e. The number of likely N-dealkylation sites (tertiary alicyclic amines) is 1. The van der Waals surface area contributed by atoms with E-state index in [1.807, 2.05) is 43.7 Å². The Labute approximate surface area is 143 Å². The number of benzene rings is 1. The van der Waals surface area contributed by atoms with Crippen LogP contribution in [-0.4, -0.2) is 44.7 Å². The third-order valence-corrected chi connectivity index (χ3v) is 4.48. The molecule has 7 heteroatoms. The van der Waals surface area contributed by atoms with Crippen molar-refractivity contribution < 1.29 is 9.53 Å². The number of ether oxygens (including phenoxy) is 1. The van der Waals surface area contributed by atoms with Crippen LogP contribution < -0.4 is 0 Å². The number of fused-ring (bicyclic) bond motifs is 1. The van der Waals surface area contributed by atoms with E-state index in [4.69, 9.17) is 4.74 Å². The summed E-state index contributed by atoms with van der Waals surface area (Å²) in [5.74, 6) is 0. The zero-order valence-corrected chi connectivity index (χ0v) is 15.2. The molecule has 0 aliphatic carbocycles. The third-order valence-electron chi connectivity index (χ3n) is 3.84. The Bertz CT molecular complexity index is 722. The average Bonchev–Trinajstić information content (AvgIpc) is 2.91. The van der Waals surface area contributed by atoms with Crippen LogP contribution in [0.25, 0.3) is 11.0 Å². The Morgan fingerprint density at radius 2 is 2.17 bits per heavy atom. The number of nitrogens with zero attached hydrogens (tertiary/aromatic N) is 4. The molecule has 1 aliphatic heterocycles. The molecule has 1 aromatic carbocycles. The Morgan fingerprint density at radius 3 is 2.91 bits per heavy atom. The fourth-order valence-electron chi connectivity index (χ4n) is 2.85. The molecule has 1 atom stereocenters. The van der Waals surface area contributed by atoms with Crippen LogP contribution in [0, 0.1) is 0 Å². The van der Waals surface area contributed by atoms with Gasteiger partial charge in [-0.1, -0.05) is 11.3 Å². The van der Waals surface area contributed by atoms with Crippen molar-refractivity contribution >= 4 is 33.1 Å². The first kappa shape index (κ1) is 16.2. The van der Waals surface area contributed by atoms with Crippen LogP contribution in [0.5, 0.6) is 0 Å². The topological polar surface area (TPSA) is 60.2 Å². The molecule has 1 aliphatic rings. The van der Waals surface area contributed by atoms with Gasteiger partial charge in [0.15, 0.2) is 0 Å². The number of hydrogen-bond acceptors (Lipinski definition) is 4. The van der Waals surface area contributed by atoms with Gasteiger partial charge in [0.2, 0.25) is 0 Å². The van der Waals surface area contributed by atoms with Crippen LogP contribution >= 0.6 is 15.9 Å². The van der Waals surface area contributed by atoms with Gasteiger partial charge in [-0.3, -0.25) is 0 Å². The molecular formula is C16H21BrN4O2. The lowest BCUT2D eigenvalue weighted by molar-refractivity contribution is 0.0168. The molecule has 1 aromatic heterocycles. The monoisotopic (exact) mass is 380 g/mol. The molecule has 1 fully saturated rings. The Balaban J connectivity index is 1.82. The molecule has 6 nitrogen and oxygen atoms in total. The molecular weight excluding hydrogens is 360 g/mol. The van der Waals surface area contributed by atoms with E-state index in [2.05, 4.69) is 26.2 Å². The summed E-state index contributed by atoms with van der Waals surface area (Å²) in [6.07, 6.45) is 1.64. The minimum absolute atomic E-state index is 0.111. The second-order valence-electron chi connectivity index (χ2n) is 6.86. The van der Waals surface area contributed by atoms with E-state index in [0.29, 0.717) is 6.54 Å². The zero-order chi connectivity index (χ0) is 16.6. The SMILES string of the molecule is CC(C)(C)OC(=O)N1CCCC(n2nnc3cccc(Br)c32)C1. The van der Waals surface area contributed by atoms with E-state index in [-0.39, 0.29) is 12.1 Å². The second kappa shape index (κ2) is 6.11. The summed E-state index contributed by atoms with van der Waals surface area (Å²) in [5, 5.41) is 8.54. The van der Waals surface area contributed by atoms with Gasteiger partial charge in [0.05, 0.1) is 6.04 Å². The molecule has 0 bridgehead atoms. The fraction of sp³-hybridized carbons (Fsp3) is 0.562. The highest BCUT2D eigenvalue weighted by molar-refractivity contribution is 9.10. The van der Waals surface area contributed by atoms with Crippen molar-refractivity contribution in [1.82, 2.24) is 19.9 Å². The van der Waals surface area contributed by atoms with E-state index in [9.17, 15) is 4.79 Å². The fourth-order valence-corrected chi connectivity index (χ4v) is 3.39. The van der Waals surface area contributed by atoms with Crippen molar-refractivity contribution in [2.75, 3.05) is 13.1 Å². The maximum absolute atomic E-state index is 12.3. The van der Waals surface area contributed by atoms with Gasteiger partial charge in [0.25, 0.3) is 0 Å². The summed E-state index contributed by atoms with van der Waals surface area (Å²) in [6, 6.07) is 5.98. The van der Waals surface area contributed by atoms with Gasteiger partial charge in [0.1, 0.15) is 16.6 Å². The molecule has 3 rings (SSSR count). The number of hydrogen-bond donors (Lipinski definition) is 0. The van der Waals surface area contributed by atoms with Crippen LogP contribution in [0.1, 0.15) is 39.7 Å². The molecule has 124 valence electrons. The number of piperidine rings is 1. The highest BCUT2D eigenvalue weighted by atomic mass is 79.9. The molecule has 0 N–H and O–H groups in total. The van der Waals surface area contributed by atoms with Crippen LogP contribution in [0.15, 0.2) is 22.7 Å². The minimum atomic E-state index is -0.479. The van der Waals surface area contributed by atoms with Gasteiger partial charge in [-0.25, -0.2) is 9.48 Å². The summed E-state index contributed by atoms with van der Waals surface area (Å²) < 4.78 is 8.38. The number of carbonyl (C=O) groups is 1. The Kier molecular flexibility index (Phi) is 4.31. The van der Waals surface area contributed by atoms with Crippen molar-refractivity contribution in [2.24, 2.45) is 0 Å². The summed E-state index contributed by atoms with van der Waals surface area (Å²) in [5.41, 5.74) is 1.35. The Hall–Kier alpha value is -1.63. The third kappa shape index (κ3) is 3.49. The summed E-state index contributed by atoms with van der Waals surface area (Å²) in [7, 11) is 0. The van der Waals surface area contributed by atoms with Gasteiger partial charge < -0.3 is 9.64 Å². The van der Waals surface area contributed by atoms with Crippen LogP contribution in [0.3, 0.4) is 0 Å². The normalized spacial score (nSPS) is 19.1. The van der Waals surface area contributed by atoms with E-state index in [1.54, 1.807) is 4.90 Å². The highest BCUT2D eigenvalue weighted by Crippen LogP contribution is 2.29. The summed E-state index contributed by atoms with van der Waals surface area (Å²) in [4.78, 5) is 14.1. The van der Waals surface area contributed by atoms with Gasteiger partial charge in [-0.15, -0.1) is 5.10 Å². The van der Waals surface area contributed by atoms with E-state index in [0.717, 1.165) is 34.9 Å². The predicted octanol–water partition coefficient (Wildman–Crippen LogP) is 3.77. The first-order valence-corrected chi connectivity index (χ1v) is 8.62. The van der Waals surface area contributed by atoms with Crippen molar-refractivity contribution in [3.63, 3.8) is 0 Å². The van der Waals surface area contributed by atoms with Crippen molar-refractivity contribution in [3.05, 3.63) is 22.7 Å². The van der Waals surface area contributed by atoms with Crippen LogP contribution in [0.2, 0.25) is 0 Å². The molecule has 2 heterocycles. The standard InChI is InChI=1S/C16H21BrN4O2/c1-16(2,3)23-15(22)20-9-5-6-11(10-20)21-14-12(17)7-4-8-13(14)18-19-21/h4,7-8,11H,5-6,9-10H2,1-3H3. The molecule has 0 radical (unpaired) electrons. The molecule has 0 saturated carbocycles. The lowest BCUT2D eigenvalue weighted by atomic mass is 10.1. The smallest absolute Gasteiger partial charge is 0.410 e. The number of rotatable bonds is 1. The van der Waals surface area contributed by atoms with E-state index in [1.165, 1.54) is 0 Å². The second-order valence-corrected chi connectivity index (χ2v) is 7.72. The van der Waals surface area contributed by atoms with E-state index < -0.39 is 5.60 Å². The number of carbonyl (C=O) groups excluding carboxylic acids is 1. The van der Waals surface area contributed by atoms with Gasteiger partial charge >= 0.3 is 6.09 Å². The minimum Gasteiger partial charge on any atom is -0.444 e. The Morgan fingerprint density at radius 1 is 1.39 bits per heavy atom. The molecule has 2 aromatic rings. The maximum atomic E-state index is 12.3. The quantitative estimate of drug-likeness (QED) is 0.755. The lowest BCUT2D eigenvalue weighted by Gasteiger charge is -2.34. The van der Waals surface area contributed by atoms with Gasteiger partial charge in [-0.05, 0) is 61.7 Å². The summed E-state index contributed by atoms with van der Waals surface area (Å²) in [6.45, 7) is 6.96. The number of para-hydroxylation sites is 1. The number of amides is 1. The number of aromatic nitrogens is 3. The predicted molar refractivity (Wildman–Crippen MR) is 91.3 cm³/mol. The zero-order valence-electron chi connectivity index (χ0n) is 13.6. The molecule has 1 amide bonds. The van der Waals surface area contributed by atoms with Gasteiger partial charge in [0, 0.05) is 17.6 Å². The van der Waals surface area contributed by atoms with Gasteiger partial charge in [-0.2, -0.15) is 0 Å². The van der Waals surface area contributed by atoms with Crippen molar-refractivity contribution in [1.29, 1.82) is 0 Å². The average molecular weight is 381 g/mol. The molecule has 23 heavy (non-hydrogen) atoms. The number of halogens is 1.